The third-order valence-corrected chi connectivity index (χ3v) is 2.59. The average Bonchev–Trinajstić information content (AvgIpc) is 2.94. The molecule has 8 nitrogen and oxygen atoms in total. The molecule has 0 unspecified atom stereocenters. The van der Waals surface area contributed by atoms with Gasteiger partial charge in [-0.15, -0.1) is 0 Å². The SMILES string of the molecule is CNc1nc(NCc2ccncn2)c2[nH]cnc2n1. The fraction of sp³-hybridized carbons (Fsp3) is 0.182. The van der Waals surface area contributed by atoms with Gasteiger partial charge in [-0.25, -0.2) is 15.0 Å². The highest BCUT2D eigenvalue weighted by Gasteiger charge is 2.08. The van der Waals surface area contributed by atoms with Gasteiger partial charge < -0.3 is 15.6 Å². The molecule has 0 saturated heterocycles. The number of nitrogens with zero attached hydrogens (tertiary/aromatic N) is 5. The molecule has 3 aromatic heterocycles. The Bertz CT molecular complexity index is 677. The van der Waals surface area contributed by atoms with Gasteiger partial charge in [-0.3, -0.25) is 0 Å². The quantitative estimate of drug-likeness (QED) is 0.634. The molecule has 0 aliphatic heterocycles. The summed E-state index contributed by atoms with van der Waals surface area (Å²) >= 11 is 0. The molecule has 0 spiro atoms. The number of hydrogen-bond donors (Lipinski definition) is 3. The van der Waals surface area contributed by atoms with E-state index in [1.165, 1.54) is 6.33 Å². The summed E-state index contributed by atoms with van der Waals surface area (Å²) in [5, 5.41) is 6.12. The molecule has 0 radical (unpaired) electrons. The van der Waals surface area contributed by atoms with Crippen molar-refractivity contribution in [2.75, 3.05) is 17.7 Å². The molecule has 8 heteroatoms. The normalized spacial score (nSPS) is 10.6. The maximum Gasteiger partial charge on any atom is 0.226 e. The third-order valence-electron chi connectivity index (χ3n) is 2.59. The minimum absolute atomic E-state index is 0.518. The van der Waals surface area contributed by atoms with Gasteiger partial charge in [-0.05, 0) is 6.07 Å². The molecule has 0 aliphatic carbocycles. The minimum Gasteiger partial charge on any atom is -0.362 e. The van der Waals surface area contributed by atoms with Crippen LogP contribution >= 0.6 is 0 Å². The summed E-state index contributed by atoms with van der Waals surface area (Å²) in [7, 11) is 1.77. The first-order valence-corrected chi connectivity index (χ1v) is 5.74. The lowest BCUT2D eigenvalue weighted by molar-refractivity contribution is 0.995. The number of imidazole rings is 1. The standard InChI is InChI=1S/C11H12N8/c1-12-11-18-9(8-10(19-11)17-6-16-8)14-4-7-2-3-13-5-15-7/h2-3,5-6H,4H2,1H3,(H3,12,14,16,17,18,19). The smallest absolute Gasteiger partial charge is 0.226 e. The maximum absolute atomic E-state index is 4.36. The number of nitrogens with one attached hydrogen (secondary N) is 3. The number of aromatic amines is 1. The number of hydrogen-bond acceptors (Lipinski definition) is 7. The van der Waals surface area contributed by atoms with E-state index >= 15 is 0 Å². The van der Waals surface area contributed by atoms with Gasteiger partial charge in [0.2, 0.25) is 5.95 Å². The number of H-pyrrole nitrogens is 1. The van der Waals surface area contributed by atoms with Crippen molar-refractivity contribution in [3.63, 3.8) is 0 Å². The van der Waals surface area contributed by atoms with Gasteiger partial charge in [-0.2, -0.15) is 9.97 Å². The van der Waals surface area contributed by atoms with Crippen LogP contribution in [-0.2, 0) is 6.54 Å². The number of rotatable bonds is 4. The van der Waals surface area contributed by atoms with Crippen LogP contribution in [0.15, 0.2) is 24.9 Å². The summed E-state index contributed by atoms with van der Waals surface area (Å²) in [5.74, 6) is 1.20. The molecule has 3 heterocycles. The predicted octanol–water partition coefficient (Wildman–Crippen LogP) is 0.797. The van der Waals surface area contributed by atoms with Crippen molar-refractivity contribution in [2.24, 2.45) is 0 Å². The van der Waals surface area contributed by atoms with Crippen LogP contribution in [0, 0.1) is 0 Å². The summed E-state index contributed by atoms with van der Waals surface area (Å²) in [5.41, 5.74) is 2.27. The molecule has 0 amide bonds. The summed E-state index contributed by atoms with van der Waals surface area (Å²) in [4.78, 5) is 23.8. The van der Waals surface area contributed by atoms with Gasteiger partial charge in [0.25, 0.3) is 0 Å². The first kappa shape index (κ1) is 11.3. The molecule has 0 fully saturated rings. The van der Waals surface area contributed by atoms with Crippen LogP contribution in [0.4, 0.5) is 11.8 Å². The Hall–Kier alpha value is -2.77. The lowest BCUT2D eigenvalue weighted by Crippen LogP contribution is -2.06. The second-order valence-electron chi connectivity index (χ2n) is 3.80. The van der Waals surface area contributed by atoms with E-state index < -0.39 is 0 Å². The van der Waals surface area contributed by atoms with Crippen molar-refractivity contribution in [1.29, 1.82) is 0 Å². The Morgan fingerprint density at radius 1 is 1.26 bits per heavy atom. The Labute approximate surface area is 108 Å². The van der Waals surface area contributed by atoms with Crippen LogP contribution in [0.5, 0.6) is 0 Å². The van der Waals surface area contributed by atoms with Crippen LogP contribution in [-0.4, -0.2) is 37.0 Å². The van der Waals surface area contributed by atoms with Crippen LogP contribution in [0.25, 0.3) is 11.2 Å². The molecule has 0 aromatic carbocycles. The van der Waals surface area contributed by atoms with Gasteiger partial charge in [0.1, 0.15) is 11.8 Å². The molecule has 0 saturated carbocycles. The fourth-order valence-corrected chi connectivity index (χ4v) is 1.67. The van der Waals surface area contributed by atoms with Crippen molar-refractivity contribution in [3.8, 4) is 0 Å². The molecule has 0 atom stereocenters. The van der Waals surface area contributed by atoms with E-state index in [2.05, 4.69) is 40.5 Å². The maximum atomic E-state index is 4.36. The molecule has 3 N–H and O–H groups in total. The molecular weight excluding hydrogens is 244 g/mol. The van der Waals surface area contributed by atoms with Crippen molar-refractivity contribution in [2.45, 2.75) is 6.54 Å². The first-order chi connectivity index (χ1) is 9.36. The van der Waals surface area contributed by atoms with E-state index in [1.54, 1.807) is 19.6 Å². The molecule has 3 rings (SSSR count). The lowest BCUT2D eigenvalue weighted by Gasteiger charge is -2.07. The molecule has 19 heavy (non-hydrogen) atoms. The number of anilines is 2. The lowest BCUT2D eigenvalue weighted by atomic mass is 10.4. The van der Waals surface area contributed by atoms with E-state index in [0.29, 0.717) is 24.0 Å². The van der Waals surface area contributed by atoms with Crippen LogP contribution in [0.2, 0.25) is 0 Å². The fourth-order valence-electron chi connectivity index (χ4n) is 1.67. The Kier molecular flexibility index (Phi) is 2.89. The summed E-state index contributed by atoms with van der Waals surface area (Å²) in [6.07, 6.45) is 4.81. The number of aromatic nitrogens is 6. The summed E-state index contributed by atoms with van der Waals surface area (Å²) < 4.78 is 0. The largest absolute Gasteiger partial charge is 0.362 e. The Morgan fingerprint density at radius 2 is 2.21 bits per heavy atom. The molecule has 3 aromatic rings. The van der Waals surface area contributed by atoms with Crippen LogP contribution in [0.3, 0.4) is 0 Å². The van der Waals surface area contributed by atoms with Gasteiger partial charge in [0.15, 0.2) is 11.5 Å². The zero-order chi connectivity index (χ0) is 13.1. The zero-order valence-corrected chi connectivity index (χ0v) is 10.3. The van der Waals surface area contributed by atoms with Gasteiger partial charge in [-0.1, -0.05) is 0 Å². The molecule has 0 aliphatic rings. The summed E-state index contributed by atoms with van der Waals surface area (Å²) in [6.45, 7) is 0.552. The molecular formula is C11H12N8. The highest BCUT2D eigenvalue weighted by molar-refractivity contribution is 5.83. The Balaban J connectivity index is 1.89. The third kappa shape index (κ3) is 2.28. The van der Waals surface area contributed by atoms with E-state index in [-0.39, 0.29) is 0 Å². The molecule has 96 valence electrons. The molecule has 0 bridgehead atoms. The number of fused-ring (bicyclic) bond motifs is 1. The topological polar surface area (TPSA) is 104 Å². The monoisotopic (exact) mass is 256 g/mol. The second-order valence-corrected chi connectivity index (χ2v) is 3.80. The summed E-state index contributed by atoms with van der Waals surface area (Å²) in [6, 6.07) is 1.84. The van der Waals surface area contributed by atoms with E-state index in [1.807, 2.05) is 6.07 Å². The Morgan fingerprint density at radius 3 is 3.00 bits per heavy atom. The average molecular weight is 256 g/mol. The first-order valence-electron chi connectivity index (χ1n) is 5.74. The minimum atomic E-state index is 0.518. The van der Waals surface area contributed by atoms with Gasteiger partial charge in [0.05, 0.1) is 18.6 Å². The highest BCUT2D eigenvalue weighted by Crippen LogP contribution is 2.18. The van der Waals surface area contributed by atoms with Gasteiger partial charge >= 0.3 is 0 Å². The van der Waals surface area contributed by atoms with Crippen LogP contribution < -0.4 is 10.6 Å². The van der Waals surface area contributed by atoms with Crippen molar-refractivity contribution in [1.82, 2.24) is 29.9 Å². The van der Waals surface area contributed by atoms with Crippen molar-refractivity contribution >= 4 is 22.9 Å². The van der Waals surface area contributed by atoms with Crippen LogP contribution in [0.1, 0.15) is 5.69 Å². The highest BCUT2D eigenvalue weighted by atomic mass is 15.2. The van der Waals surface area contributed by atoms with E-state index in [0.717, 1.165) is 11.2 Å². The van der Waals surface area contributed by atoms with E-state index in [4.69, 9.17) is 0 Å². The zero-order valence-electron chi connectivity index (χ0n) is 10.3. The predicted molar refractivity (Wildman–Crippen MR) is 70.6 cm³/mol. The van der Waals surface area contributed by atoms with Gasteiger partial charge in [0, 0.05) is 13.2 Å². The second kappa shape index (κ2) is 4.84. The van der Waals surface area contributed by atoms with E-state index in [9.17, 15) is 0 Å². The van der Waals surface area contributed by atoms with Crippen molar-refractivity contribution < 1.29 is 0 Å². The van der Waals surface area contributed by atoms with Crippen molar-refractivity contribution in [3.05, 3.63) is 30.6 Å².